The average molecular weight is 344 g/mol. The van der Waals surface area contributed by atoms with Crippen LogP contribution < -0.4 is 5.32 Å². The van der Waals surface area contributed by atoms with Crippen molar-refractivity contribution < 1.29 is 14.3 Å². The number of carbonyl (C=O) groups is 1. The number of nitrogens with one attached hydrogen (secondary N) is 1. The molecule has 4 aromatic rings. The lowest BCUT2D eigenvalue weighted by Gasteiger charge is -2.21. The van der Waals surface area contributed by atoms with Crippen LogP contribution >= 0.6 is 0 Å². The topological polar surface area (TPSA) is 75.4 Å². The van der Waals surface area contributed by atoms with Crippen LogP contribution in [0.2, 0.25) is 0 Å². The summed E-state index contributed by atoms with van der Waals surface area (Å²) in [6.07, 6.45) is 3.08. The lowest BCUT2D eigenvalue weighted by Crippen LogP contribution is -2.29. The summed E-state index contributed by atoms with van der Waals surface area (Å²) in [5.41, 5.74) is 1.92. The van der Waals surface area contributed by atoms with Gasteiger partial charge in [0.05, 0.1) is 12.3 Å². The molecule has 0 fully saturated rings. The highest BCUT2D eigenvalue weighted by atomic mass is 16.3. The number of aromatic hydroxyl groups is 1. The summed E-state index contributed by atoms with van der Waals surface area (Å²) in [5, 5.41) is 14.6. The maximum absolute atomic E-state index is 12.5. The predicted molar refractivity (Wildman–Crippen MR) is 97.9 cm³/mol. The van der Waals surface area contributed by atoms with E-state index in [-0.39, 0.29) is 17.4 Å². The van der Waals surface area contributed by atoms with Crippen molar-refractivity contribution in [3.63, 3.8) is 0 Å². The van der Waals surface area contributed by atoms with Gasteiger partial charge in [-0.05, 0) is 23.8 Å². The Kier molecular flexibility index (Phi) is 4.11. The molecule has 1 atom stereocenters. The SMILES string of the molecule is O=C(NC(c1ccccc1)c1ccc2cccnc2c1O)c1ccco1. The number of nitrogens with zero attached hydrogens (tertiary/aromatic N) is 1. The first-order valence-corrected chi connectivity index (χ1v) is 8.20. The molecule has 5 nitrogen and oxygen atoms in total. The van der Waals surface area contributed by atoms with Crippen molar-refractivity contribution in [1.29, 1.82) is 0 Å². The second kappa shape index (κ2) is 6.72. The molecule has 2 heterocycles. The van der Waals surface area contributed by atoms with E-state index in [2.05, 4.69) is 10.3 Å². The van der Waals surface area contributed by atoms with Gasteiger partial charge in [0.15, 0.2) is 5.76 Å². The number of furan rings is 1. The number of fused-ring (bicyclic) bond motifs is 1. The summed E-state index contributed by atoms with van der Waals surface area (Å²) in [7, 11) is 0. The molecule has 0 saturated heterocycles. The molecule has 0 radical (unpaired) electrons. The Hall–Kier alpha value is -3.60. The smallest absolute Gasteiger partial charge is 0.287 e. The normalized spacial score (nSPS) is 12.0. The van der Waals surface area contributed by atoms with Crippen molar-refractivity contribution in [2.24, 2.45) is 0 Å². The minimum atomic E-state index is -0.541. The summed E-state index contributed by atoms with van der Waals surface area (Å²) in [5.74, 6) is -0.0922. The Morgan fingerprint density at radius 3 is 2.62 bits per heavy atom. The fourth-order valence-corrected chi connectivity index (χ4v) is 2.97. The van der Waals surface area contributed by atoms with Gasteiger partial charge in [-0.2, -0.15) is 0 Å². The van der Waals surface area contributed by atoms with Crippen molar-refractivity contribution in [1.82, 2.24) is 10.3 Å². The fourth-order valence-electron chi connectivity index (χ4n) is 2.97. The minimum absolute atomic E-state index is 0.0525. The van der Waals surface area contributed by atoms with E-state index in [1.54, 1.807) is 24.4 Å². The van der Waals surface area contributed by atoms with Gasteiger partial charge in [-0.25, -0.2) is 0 Å². The minimum Gasteiger partial charge on any atom is -0.505 e. The summed E-state index contributed by atoms with van der Waals surface area (Å²) in [6, 6.07) is 19.6. The molecule has 1 unspecified atom stereocenters. The number of benzene rings is 2. The van der Waals surface area contributed by atoms with Crippen LogP contribution in [0.1, 0.15) is 27.7 Å². The van der Waals surface area contributed by atoms with Crippen molar-refractivity contribution in [3.8, 4) is 5.75 Å². The molecule has 0 saturated carbocycles. The van der Waals surface area contributed by atoms with Crippen molar-refractivity contribution in [3.05, 3.63) is 96.1 Å². The van der Waals surface area contributed by atoms with Crippen molar-refractivity contribution >= 4 is 16.8 Å². The van der Waals surface area contributed by atoms with Crippen LogP contribution in [0, 0.1) is 0 Å². The Balaban J connectivity index is 1.81. The lowest BCUT2D eigenvalue weighted by molar-refractivity contribution is 0.0915. The van der Waals surface area contributed by atoms with Crippen LogP contribution in [0.3, 0.4) is 0 Å². The molecule has 26 heavy (non-hydrogen) atoms. The van der Waals surface area contributed by atoms with Crippen LogP contribution in [-0.2, 0) is 0 Å². The fraction of sp³-hybridized carbons (Fsp3) is 0.0476. The van der Waals surface area contributed by atoms with Crippen molar-refractivity contribution in [2.45, 2.75) is 6.04 Å². The molecule has 128 valence electrons. The largest absolute Gasteiger partial charge is 0.505 e. The summed E-state index contributed by atoms with van der Waals surface area (Å²) in [4.78, 5) is 16.8. The third-order valence-corrected chi connectivity index (χ3v) is 4.24. The number of rotatable bonds is 4. The monoisotopic (exact) mass is 344 g/mol. The number of aromatic nitrogens is 1. The number of amides is 1. The van der Waals surface area contributed by atoms with Gasteiger partial charge in [0, 0.05) is 17.1 Å². The molecule has 2 aromatic heterocycles. The Bertz CT molecular complexity index is 1040. The Labute approximate surface area is 149 Å². The predicted octanol–water partition coefficient (Wildman–Crippen LogP) is 4.05. The van der Waals surface area contributed by atoms with Crippen LogP contribution in [-0.4, -0.2) is 16.0 Å². The van der Waals surface area contributed by atoms with Gasteiger partial charge in [0.2, 0.25) is 0 Å². The Morgan fingerprint density at radius 1 is 1.00 bits per heavy atom. The maximum Gasteiger partial charge on any atom is 0.287 e. The zero-order valence-corrected chi connectivity index (χ0v) is 13.8. The number of hydrogen-bond acceptors (Lipinski definition) is 4. The van der Waals surface area contributed by atoms with Gasteiger partial charge in [-0.15, -0.1) is 0 Å². The lowest BCUT2D eigenvalue weighted by atomic mass is 9.96. The van der Waals surface area contributed by atoms with Gasteiger partial charge in [-0.1, -0.05) is 48.5 Å². The Morgan fingerprint density at radius 2 is 1.85 bits per heavy atom. The average Bonchev–Trinajstić information content (AvgIpc) is 3.23. The van der Waals surface area contributed by atoms with Gasteiger partial charge in [0.1, 0.15) is 11.3 Å². The zero-order valence-electron chi connectivity index (χ0n) is 13.8. The molecule has 2 aromatic carbocycles. The molecular weight excluding hydrogens is 328 g/mol. The highest BCUT2D eigenvalue weighted by Gasteiger charge is 2.23. The van der Waals surface area contributed by atoms with Crippen LogP contribution in [0.5, 0.6) is 5.75 Å². The van der Waals surface area contributed by atoms with Crippen LogP contribution in [0.15, 0.2) is 83.6 Å². The van der Waals surface area contributed by atoms with E-state index in [4.69, 9.17) is 4.42 Å². The van der Waals surface area contributed by atoms with Gasteiger partial charge in [-0.3, -0.25) is 9.78 Å². The second-order valence-electron chi connectivity index (χ2n) is 5.87. The summed E-state index contributed by atoms with van der Waals surface area (Å²) < 4.78 is 5.18. The van der Waals surface area contributed by atoms with E-state index >= 15 is 0 Å². The van der Waals surface area contributed by atoms with E-state index in [0.717, 1.165) is 10.9 Å². The molecule has 1 amide bonds. The number of hydrogen-bond donors (Lipinski definition) is 2. The van der Waals surface area contributed by atoms with Crippen LogP contribution in [0.4, 0.5) is 0 Å². The highest BCUT2D eigenvalue weighted by Crippen LogP contribution is 2.34. The first-order valence-electron chi connectivity index (χ1n) is 8.20. The van der Waals surface area contributed by atoms with E-state index in [0.29, 0.717) is 11.1 Å². The van der Waals surface area contributed by atoms with E-state index in [1.165, 1.54) is 6.26 Å². The zero-order chi connectivity index (χ0) is 17.9. The molecule has 5 heteroatoms. The van der Waals surface area contributed by atoms with Gasteiger partial charge >= 0.3 is 0 Å². The standard InChI is InChI=1S/C21H16N2O3/c24-20-16(11-10-15-8-4-12-22-19(15)20)18(14-6-2-1-3-7-14)23-21(25)17-9-5-13-26-17/h1-13,18,24H,(H,23,25). The number of phenolic OH excluding ortho intramolecular Hbond substituents is 1. The molecule has 0 bridgehead atoms. The summed E-state index contributed by atoms with van der Waals surface area (Å²) in [6.45, 7) is 0. The first kappa shape index (κ1) is 15.9. The highest BCUT2D eigenvalue weighted by molar-refractivity contribution is 5.92. The van der Waals surface area contributed by atoms with E-state index < -0.39 is 6.04 Å². The molecule has 0 spiro atoms. The number of carbonyl (C=O) groups excluding carboxylic acids is 1. The van der Waals surface area contributed by atoms with Crippen molar-refractivity contribution in [2.75, 3.05) is 0 Å². The quantitative estimate of drug-likeness (QED) is 0.585. The third kappa shape index (κ3) is 2.91. The van der Waals surface area contributed by atoms with Gasteiger partial charge < -0.3 is 14.8 Å². The number of phenols is 1. The molecular formula is C21H16N2O3. The number of pyridine rings is 1. The second-order valence-corrected chi connectivity index (χ2v) is 5.87. The molecule has 4 rings (SSSR count). The van der Waals surface area contributed by atoms with Crippen LogP contribution in [0.25, 0.3) is 10.9 Å². The maximum atomic E-state index is 12.5. The molecule has 0 aliphatic carbocycles. The first-order chi connectivity index (χ1) is 12.7. The molecule has 0 aliphatic heterocycles. The van der Waals surface area contributed by atoms with Gasteiger partial charge in [0.25, 0.3) is 5.91 Å². The van der Waals surface area contributed by atoms with E-state index in [1.807, 2.05) is 48.5 Å². The third-order valence-electron chi connectivity index (χ3n) is 4.24. The molecule has 0 aliphatic rings. The summed E-state index contributed by atoms with van der Waals surface area (Å²) >= 11 is 0. The van der Waals surface area contributed by atoms with E-state index in [9.17, 15) is 9.90 Å². The molecule has 2 N–H and O–H groups in total.